The Labute approximate surface area is 114 Å². The van der Waals surface area contributed by atoms with Crippen molar-refractivity contribution in [1.82, 2.24) is 4.98 Å². The molecule has 1 heterocycles. The zero-order chi connectivity index (χ0) is 14.0. The van der Waals surface area contributed by atoms with Gasteiger partial charge in [-0.1, -0.05) is 12.1 Å². The van der Waals surface area contributed by atoms with Crippen LogP contribution in [0.25, 0.3) is 0 Å². The van der Waals surface area contributed by atoms with E-state index in [1.165, 1.54) is 11.3 Å². The number of aryl methyl sites for hydroxylation is 2. The number of nitrogens with zero attached hydrogens (tertiary/aromatic N) is 1. The second-order valence-electron chi connectivity index (χ2n) is 4.07. The van der Waals surface area contributed by atoms with E-state index in [0.717, 1.165) is 10.6 Å². The second-order valence-corrected chi connectivity index (χ2v) is 5.13. The molecule has 0 aliphatic rings. The summed E-state index contributed by atoms with van der Waals surface area (Å²) >= 11 is 1.39. The lowest BCUT2D eigenvalue weighted by molar-refractivity contribution is 0.100. The molecule has 0 fully saturated rings. The Morgan fingerprint density at radius 2 is 2.05 bits per heavy atom. The predicted octanol–water partition coefficient (Wildman–Crippen LogP) is 2.11. The van der Waals surface area contributed by atoms with E-state index in [1.807, 2.05) is 6.92 Å². The lowest BCUT2D eigenvalue weighted by atomic mass is 10.1. The minimum Gasteiger partial charge on any atom is -0.366 e. The van der Waals surface area contributed by atoms with Crippen molar-refractivity contribution in [2.75, 3.05) is 5.32 Å². The molecule has 6 heteroatoms. The number of benzene rings is 1. The van der Waals surface area contributed by atoms with E-state index in [9.17, 15) is 9.59 Å². The zero-order valence-corrected chi connectivity index (χ0v) is 11.4. The molecule has 5 nitrogen and oxygen atoms in total. The molecular weight excluding hydrogens is 262 g/mol. The van der Waals surface area contributed by atoms with Crippen molar-refractivity contribution in [1.29, 1.82) is 0 Å². The van der Waals surface area contributed by atoms with Gasteiger partial charge in [-0.3, -0.25) is 9.59 Å². The first-order chi connectivity index (χ1) is 8.99. The number of carbonyl (C=O) groups is 2. The Hall–Kier alpha value is -2.21. The molecule has 0 unspecified atom stereocenters. The fraction of sp³-hybridized carbons (Fsp3) is 0.154. The monoisotopic (exact) mass is 275 g/mol. The maximum Gasteiger partial charge on any atom is 0.275 e. The van der Waals surface area contributed by atoms with Crippen LogP contribution in [-0.4, -0.2) is 16.8 Å². The average molecular weight is 275 g/mol. The molecule has 0 saturated carbocycles. The van der Waals surface area contributed by atoms with E-state index >= 15 is 0 Å². The maximum absolute atomic E-state index is 12.0. The SMILES string of the molecule is Cc1nc(C(=O)Nc2cccc(C)c2C(N)=O)cs1. The molecule has 0 saturated heterocycles. The molecule has 0 aliphatic heterocycles. The number of carbonyl (C=O) groups excluding carboxylic acids is 2. The van der Waals surface area contributed by atoms with Gasteiger partial charge in [0.2, 0.25) is 0 Å². The molecule has 3 N–H and O–H groups in total. The summed E-state index contributed by atoms with van der Waals surface area (Å²) in [7, 11) is 0. The van der Waals surface area contributed by atoms with Gasteiger partial charge in [0.1, 0.15) is 5.69 Å². The van der Waals surface area contributed by atoms with Gasteiger partial charge in [-0.25, -0.2) is 4.98 Å². The van der Waals surface area contributed by atoms with Crippen LogP contribution in [0, 0.1) is 13.8 Å². The molecule has 0 radical (unpaired) electrons. The van der Waals surface area contributed by atoms with Gasteiger partial charge in [-0.2, -0.15) is 0 Å². The number of nitrogens with one attached hydrogen (secondary N) is 1. The number of rotatable bonds is 3. The summed E-state index contributed by atoms with van der Waals surface area (Å²) in [6.45, 7) is 3.59. The van der Waals surface area contributed by atoms with Crippen molar-refractivity contribution in [3.8, 4) is 0 Å². The van der Waals surface area contributed by atoms with Gasteiger partial charge >= 0.3 is 0 Å². The molecule has 2 aromatic rings. The molecular formula is C13H13N3O2S. The van der Waals surface area contributed by atoms with E-state index in [4.69, 9.17) is 5.73 Å². The number of amides is 2. The topological polar surface area (TPSA) is 85.1 Å². The van der Waals surface area contributed by atoms with E-state index < -0.39 is 5.91 Å². The number of hydrogen-bond donors (Lipinski definition) is 2. The van der Waals surface area contributed by atoms with Crippen LogP contribution >= 0.6 is 11.3 Å². The van der Waals surface area contributed by atoms with Gasteiger partial charge in [0.15, 0.2) is 0 Å². The fourth-order valence-electron chi connectivity index (χ4n) is 1.75. The number of thiazole rings is 1. The van der Waals surface area contributed by atoms with E-state index in [-0.39, 0.29) is 5.91 Å². The Balaban J connectivity index is 2.31. The smallest absolute Gasteiger partial charge is 0.275 e. The van der Waals surface area contributed by atoms with Gasteiger partial charge in [0.05, 0.1) is 16.3 Å². The van der Waals surface area contributed by atoms with Crippen LogP contribution < -0.4 is 11.1 Å². The standard InChI is InChI=1S/C13H13N3O2S/c1-7-4-3-5-9(11(7)12(14)17)16-13(18)10-6-19-8(2)15-10/h3-6H,1-2H3,(H2,14,17)(H,16,18). The number of aromatic nitrogens is 1. The third-order valence-corrected chi connectivity index (χ3v) is 3.39. The van der Waals surface area contributed by atoms with Gasteiger partial charge in [-0.05, 0) is 25.5 Å². The van der Waals surface area contributed by atoms with Gasteiger partial charge in [-0.15, -0.1) is 11.3 Å². The van der Waals surface area contributed by atoms with Crippen LogP contribution in [0.2, 0.25) is 0 Å². The molecule has 0 atom stereocenters. The van der Waals surface area contributed by atoms with E-state index in [0.29, 0.717) is 16.9 Å². The first-order valence-corrected chi connectivity index (χ1v) is 6.50. The van der Waals surface area contributed by atoms with Crippen LogP contribution in [0.4, 0.5) is 5.69 Å². The molecule has 2 rings (SSSR count). The number of hydrogen-bond acceptors (Lipinski definition) is 4. The summed E-state index contributed by atoms with van der Waals surface area (Å²) in [6.07, 6.45) is 0. The fourth-order valence-corrected chi connectivity index (χ4v) is 2.35. The average Bonchev–Trinajstić information content (AvgIpc) is 2.75. The Bertz CT molecular complexity index is 649. The lowest BCUT2D eigenvalue weighted by Crippen LogP contribution is -2.19. The van der Waals surface area contributed by atoms with Gasteiger partial charge in [0, 0.05) is 5.38 Å². The largest absolute Gasteiger partial charge is 0.366 e. The second kappa shape index (κ2) is 5.19. The highest BCUT2D eigenvalue weighted by Crippen LogP contribution is 2.20. The van der Waals surface area contributed by atoms with E-state index in [1.54, 1.807) is 30.5 Å². The summed E-state index contributed by atoms with van der Waals surface area (Å²) in [6, 6.07) is 5.16. The summed E-state index contributed by atoms with van der Waals surface area (Å²) in [5.74, 6) is -0.916. The summed E-state index contributed by atoms with van der Waals surface area (Å²) in [4.78, 5) is 27.5. The Morgan fingerprint density at radius 3 is 2.63 bits per heavy atom. The van der Waals surface area contributed by atoms with Crippen LogP contribution in [0.3, 0.4) is 0 Å². The summed E-state index contributed by atoms with van der Waals surface area (Å²) in [5, 5.41) is 5.15. The van der Waals surface area contributed by atoms with Crippen molar-refractivity contribution < 1.29 is 9.59 Å². The highest BCUT2D eigenvalue weighted by molar-refractivity contribution is 7.09. The summed E-state index contributed by atoms with van der Waals surface area (Å²) in [5.41, 5.74) is 7.11. The Morgan fingerprint density at radius 1 is 1.32 bits per heavy atom. The van der Waals surface area contributed by atoms with Crippen molar-refractivity contribution in [3.05, 3.63) is 45.4 Å². The zero-order valence-electron chi connectivity index (χ0n) is 10.6. The van der Waals surface area contributed by atoms with Crippen LogP contribution in [0.5, 0.6) is 0 Å². The summed E-state index contributed by atoms with van der Waals surface area (Å²) < 4.78 is 0. The molecule has 98 valence electrons. The van der Waals surface area contributed by atoms with Gasteiger partial charge < -0.3 is 11.1 Å². The molecule has 2 amide bonds. The van der Waals surface area contributed by atoms with Gasteiger partial charge in [0.25, 0.3) is 11.8 Å². The lowest BCUT2D eigenvalue weighted by Gasteiger charge is -2.10. The molecule has 0 aliphatic carbocycles. The molecule has 19 heavy (non-hydrogen) atoms. The first-order valence-electron chi connectivity index (χ1n) is 5.62. The maximum atomic E-state index is 12.0. The van der Waals surface area contributed by atoms with Crippen LogP contribution in [0.1, 0.15) is 31.4 Å². The normalized spacial score (nSPS) is 10.2. The van der Waals surface area contributed by atoms with Crippen molar-refractivity contribution in [2.24, 2.45) is 5.73 Å². The van der Waals surface area contributed by atoms with Crippen molar-refractivity contribution in [3.63, 3.8) is 0 Å². The third-order valence-electron chi connectivity index (χ3n) is 2.62. The molecule has 1 aromatic carbocycles. The molecule has 0 bridgehead atoms. The van der Waals surface area contributed by atoms with E-state index in [2.05, 4.69) is 10.3 Å². The minimum atomic E-state index is -0.567. The predicted molar refractivity (Wildman–Crippen MR) is 74.5 cm³/mol. The minimum absolute atomic E-state index is 0.322. The van der Waals surface area contributed by atoms with Crippen molar-refractivity contribution >= 4 is 28.8 Å². The van der Waals surface area contributed by atoms with Crippen molar-refractivity contribution in [2.45, 2.75) is 13.8 Å². The van der Waals surface area contributed by atoms with Crippen LogP contribution in [0.15, 0.2) is 23.6 Å². The molecule has 1 aromatic heterocycles. The highest BCUT2D eigenvalue weighted by Gasteiger charge is 2.15. The first kappa shape index (κ1) is 13.2. The molecule has 0 spiro atoms. The quantitative estimate of drug-likeness (QED) is 0.899. The number of nitrogens with two attached hydrogens (primary N) is 1. The third kappa shape index (κ3) is 2.79. The Kier molecular flexibility index (Phi) is 3.62. The number of primary amides is 1. The van der Waals surface area contributed by atoms with Crippen LogP contribution in [-0.2, 0) is 0 Å². The number of anilines is 1. The highest BCUT2D eigenvalue weighted by atomic mass is 32.1.